The maximum absolute atomic E-state index is 11.9. The van der Waals surface area contributed by atoms with Gasteiger partial charge in [0.2, 0.25) is 0 Å². The number of nitrogens with one attached hydrogen (secondary N) is 1. The van der Waals surface area contributed by atoms with Crippen molar-refractivity contribution < 1.29 is 28.4 Å². The van der Waals surface area contributed by atoms with E-state index in [1.54, 1.807) is 19.1 Å². The van der Waals surface area contributed by atoms with Crippen molar-refractivity contribution in [2.45, 2.75) is 6.92 Å². The van der Waals surface area contributed by atoms with Crippen LogP contribution in [0.4, 0.5) is 11.4 Å². The van der Waals surface area contributed by atoms with Gasteiger partial charge in [-0.05, 0) is 37.3 Å². The third kappa shape index (κ3) is 5.48. The lowest BCUT2D eigenvalue weighted by Gasteiger charge is -2.08. The van der Waals surface area contributed by atoms with Crippen molar-refractivity contribution in [3.05, 3.63) is 58.5 Å². The van der Waals surface area contributed by atoms with Crippen LogP contribution in [-0.4, -0.2) is 30.0 Å². The van der Waals surface area contributed by atoms with Gasteiger partial charge in [0.05, 0.1) is 23.9 Å². The van der Waals surface area contributed by atoms with Crippen molar-refractivity contribution >= 4 is 29.3 Å². The number of benzene rings is 1. The predicted molar refractivity (Wildman–Crippen MR) is 91.6 cm³/mol. The lowest BCUT2D eigenvalue weighted by molar-refractivity contribution is -0.384. The minimum absolute atomic E-state index is 0.0226. The van der Waals surface area contributed by atoms with Gasteiger partial charge in [-0.1, -0.05) is 0 Å². The molecule has 0 aliphatic carbocycles. The lowest BCUT2D eigenvalue weighted by atomic mass is 10.2. The summed E-state index contributed by atoms with van der Waals surface area (Å²) in [6.45, 7) is 1.51. The largest absolute Gasteiger partial charge is 0.494 e. The van der Waals surface area contributed by atoms with Crippen LogP contribution in [0.15, 0.2) is 47.1 Å². The fourth-order valence-electron chi connectivity index (χ4n) is 1.93. The molecule has 0 aliphatic heterocycles. The maximum atomic E-state index is 11.9. The van der Waals surface area contributed by atoms with Gasteiger partial charge < -0.3 is 19.2 Å². The summed E-state index contributed by atoms with van der Waals surface area (Å²) < 4.78 is 15.0. The average molecular weight is 360 g/mol. The molecule has 9 nitrogen and oxygen atoms in total. The number of amides is 1. The van der Waals surface area contributed by atoms with Crippen molar-refractivity contribution in [1.29, 1.82) is 0 Å². The fraction of sp³-hybridized carbons (Fsp3) is 0.176. The summed E-state index contributed by atoms with van der Waals surface area (Å²) in [5.41, 5.74) is -0.348. The molecule has 136 valence electrons. The molecule has 1 N–H and O–H groups in total. The third-order valence-electron chi connectivity index (χ3n) is 3.02. The van der Waals surface area contributed by atoms with E-state index in [0.717, 1.165) is 6.08 Å². The topological polar surface area (TPSA) is 121 Å². The first kappa shape index (κ1) is 18.7. The van der Waals surface area contributed by atoms with Crippen molar-refractivity contribution in [2.24, 2.45) is 0 Å². The highest BCUT2D eigenvalue weighted by Gasteiger charge is 2.18. The molecule has 0 aliphatic rings. The molecule has 0 radical (unpaired) electrons. The number of nitrogens with zero attached hydrogens (tertiary/aromatic N) is 1. The van der Waals surface area contributed by atoms with Gasteiger partial charge in [0.1, 0.15) is 17.2 Å². The average Bonchev–Trinajstić information content (AvgIpc) is 3.13. The number of carbonyl (C=O) groups excluding carboxylic acids is 2. The van der Waals surface area contributed by atoms with E-state index in [2.05, 4.69) is 5.32 Å². The number of ether oxygens (including phenoxy) is 2. The number of furan rings is 1. The molecule has 0 unspecified atom stereocenters. The second kappa shape index (κ2) is 9.02. The smallest absolute Gasteiger partial charge is 0.331 e. The van der Waals surface area contributed by atoms with E-state index in [1.807, 2.05) is 0 Å². The van der Waals surface area contributed by atoms with Crippen LogP contribution in [0.1, 0.15) is 12.7 Å². The van der Waals surface area contributed by atoms with Crippen molar-refractivity contribution in [3.63, 3.8) is 0 Å². The van der Waals surface area contributed by atoms with Crippen molar-refractivity contribution in [3.8, 4) is 5.75 Å². The molecule has 1 aromatic heterocycles. The molecule has 0 atom stereocenters. The summed E-state index contributed by atoms with van der Waals surface area (Å²) in [7, 11) is 0. The maximum Gasteiger partial charge on any atom is 0.331 e. The Morgan fingerprint density at radius 2 is 2.15 bits per heavy atom. The van der Waals surface area contributed by atoms with Crippen LogP contribution in [0.5, 0.6) is 5.75 Å². The molecule has 9 heteroatoms. The fourth-order valence-corrected chi connectivity index (χ4v) is 1.93. The number of anilines is 1. The summed E-state index contributed by atoms with van der Waals surface area (Å²) in [5.74, 6) is -0.696. The number of hydrogen-bond acceptors (Lipinski definition) is 7. The first-order valence-electron chi connectivity index (χ1n) is 7.59. The Hall–Kier alpha value is -3.62. The zero-order valence-electron chi connectivity index (χ0n) is 13.8. The van der Waals surface area contributed by atoms with Gasteiger partial charge in [-0.2, -0.15) is 0 Å². The molecule has 2 rings (SSSR count). The SMILES string of the molecule is CCOc1ccc(NC(=O)COC(=O)C=Cc2ccco2)c([N+](=O)[O-])c1. The number of esters is 1. The zero-order valence-corrected chi connectivity index (χ0v) is 13.8. The number of rotatable bonds is 8. The highest BCUT2D eigenvalue weighted by atomic mass is 16.6. The van der Waals surface area contributed by atoms with E-state index in [4.69, 9.17) is 13.9 Å². The summed E-state index contributed by atoms with van der Waals surface area (Å²) in [6.07, 6.45) is 3.94. The Balaban J connectivity index is 1.92. The summed E-state index contributed by atoms with van der Waals surface area (Å²) in [4.78, 5) is 33.9. The molecule has 0 saturated carbocycles. The van der Waals surface area contributed by atoms with Crippen LogP contribution < -0.4 is 10.1 Å². The molecule has 0 spiro atoms. The van der Waals surface area contributed by atoms with Gasteiger partial charge in [-0.25, -0.2) is 4.79 Å². The van der Waals surface area contributed by atoms with E-state index < -0.39 is 23.4 Å². The Kier molecular flexibility index (Phi) is 6.49. The molecule has 26 heavy (non-hydrogen) atoms. The van der Waals surface area contributed by atoms with Crippen LogP contribution in [0.25, 0.3) is 6.08 Å². The molecular formula is C17H16N2O7. The van der Waals surface area contributed by atoms with Crippen LogP contribution in [0, 0.1) is 10.1 Å². The second-order valence-electron chi connectivity index (χ2n) is 4.87. The summed E-state index contributed by atoms with van der Waals surface area (Å²) in [5, 5.41) is 13.4. The Morgan fingerprint density at radius 1 is 1.35 bits per heavy atom. The standard InChI is InChI=1S/C17H16N2O7/c1-2-24-13-5-7-14(15(10-13)19(22)23)18-16(20)11-26-17(21)8-6-12-4-3-9-25-12/h3-10H,2,11H2,1H3,(H,18,20). The molecule has 0 saturated heterocycles. The zero-order chi connectivity index (χ0) is 18.9. The summed E-state index contributed by atoms with van der Waals surface area (Å²) in [6, 6.07) is 7.34. The van der Waals surface area contributed by atoms with Gasteiger partial charge in [0, 0.05) is 6.08 Å². The molecule has 2 aromatic rings. The Morgan fingerprint density at radius 3 is 2.81 bits per heavy atom. The Labute approximate surface area is 148 Å². The van der Waals surface area contributed by atoms with E-state index in [9.17, 15) is 19.7 Å². The van der Waals surface area contributed by atoms with Gasteiger partial charge in [-0.3, -0.25) is 14.9 Å². The number of nitro groups is 1. The second-order valence-corrected chi connectivity index (χ2v) is 4.87. The third-order valence-corrected chi connectivity index (χ3v) is 3.02. The molecule has 1 amide bonds. The number of carbonyl (C=O) groups is 2. The number of nitro benzene ring substituents is 1. The molecule has 0 fully saturated rings. The quantitative estimate of drug-likeness (QED) is 0.332. The normalized spacial score (nSPS) is 10.5. The van der Waals surface area contributed by atoms with Gasteiger partial charge in [0.15, 0.2) is 6.61 Å². The number of hydrogen-bond donors (Lipinski definition) is 1. The van der Waals surface area contributed by atoms with E-state index in [1.165, 1.54) is 30.5 Å². The highest BCUT2D eigenvalue weighted by molar-refractivity contribution is 5.96. The Bertz CT molecular complexity index is 813. The monoisotopic (exact) mass is 360 g/mol. The molecular weight excluding hydrogens is 344 g/mol. The van der Waals surface area contributed by atoms with Crippen molar-refractivity contribution in [1.82, 2.24) is 0 Å². The van der Waals surface area contributed by atoms with Crippen LogP contribution in [0.2, 0.25) is 0 Å². The van der Waals surface area contributed by atoms with Gasteiger partial charge in [0.25, 0.3) is 11.6 Å². The molecule has 0 bridgehead atoms. The van der Waals surface area contributed by atoms with Crippen LogP contribution in [0.3, 0.4) is 0 Å². The first-order valence-corrected chi connectivity index (χ1v) is 7.59. The van der Waals surface area contributed by atoms with Crippen molar-refractivity contribution in [2.75, 3.05) is 18.5 Å². The van der Waals surface area contributed by atoms with E-state index >= 15 is 0 Å². The van der Waals surface area contributed by atoms with E-state index in [0.29, 0.717) is 18.1 Å². The minimum atomic E-state index is -0.752. The highest BCUT2D eigenvalue weighted by Crippen LogP contribution is 2.29. The lowest BCUT2D eigenvalue weighted by Crippen LogP contribution is -2.20. The molecule has 1 aromatic carbocycles. The first-order chi connectivity index (χ1) is 12.5. The van der Waals surface area contributed by atoms with Crippen LogP contribution >= 0.6 is 0 Å². The predicted octanol–water partition coefficient (Wildman–Crippen LogP) is 2.78. The van der Waals surface area contributed by atoms with E-state index in [-0.39, 0.29) is 11.4 Å². The van der Waals surface area contributed by atoms with Gasteiger partial charge in [-0.15, -0.1) is 0 Å². The minimum Gasteiger partial charge on any atom is -0.494 e. The molecule has 1 heterocycles. The summed E-state index contributed by atoms with van der Waals surface area (Å²) >= 11 is 0. The van der Waals surface area contributed by atoms with Crippen LogP contribution in [-0.2, 0) is 14.3 Å². The van der Waals surface area contributed by atoms with Gasteiger partial charge >= 0.3 is 5.97 Å².